The molecule has 2 aromatic carbocycles. The van der Waals surface area contributed by atoms with E-state index in [4.69, 9.17) is 14.4 Å². The van der Waals surface area contributed by atoms with Gasteiger partial charge >= 0.3 is 17.3 Å². The van der Waals surface area contributed by atoms with Gasteiger partial charge in [-0.2, -0.15) is 0 Å². The van der Waals surface area contributed by atoms with Crippen molar-refractivity contribution in [1.82, 2.24) is 10.5 Å². The maximum absolute atomic E-state index is 12.8. The van der Waals surface area contributed by atoms with Gasteiger partial charge in [-0.3, -0.25) is 14.9 Å². The van der Waals surface area contributed by atoms with Crippen LogP contribution in [0.25, 0.3) is 0 Å². The van der Waals surface area contributed by atoms with Gasteiger partial charge in [0.25, 0.3) is 0 Å². The van der Waals surface area contributed by atoms with Crippen LogP contribution in [0.5, 0.6) is 0 Å². The molecule has 3 aliphatic rings. The molecule has 3 N–H and O–H groups in total. The second kappa shape index (κ2) is 11.8. The summed E-state index contributed by atoms with van der Waals surface area (Å²) in [6, 6.07) is 15.6. The fraction of sp³-hybridized carbons (Fsp3) is 0.455. The molecular weight excluding hydrogens is 612 g/mol. The molecule has 0 bridgehead atoms. The molecular formula is C33H38N4O8S. The van der Waals surface area contributed by atoms with E-state index in [1.807, 2.05) is 62.4 Å². The number of hydrogen-bond acceptors (Lipinski definition) is 9. The number of carboxylic acids is 1. The lowest BCUT2D eigenvalue weighted by molar-refractivity contribution is -0.136. The number of sulfone groups is 1. The fourth-order valence-corrected chi connectivity index (χ4v) is 7.76. The van der Waals surface area contributed by atoms with Crippen molar-refractivity contribution in [1.29, 1.82) is 0 Å². The van der Waals surface area contributed by atoms with Crippen LogP contribution in [-0.4, -0.2) is 54.8 Å². The van der Waals surface area contributed by atoms with E-state index in [1.54, 1.807) is 6.92 Å². The summed E-state index contributed by atoms with van der Waals surface area (Å²) in [5, 5.41) is 17.3. The number of carboxylic acid groups (broad SMARTS) is 1. The zero-order valence-corrected chi connectivity index (χ0v) is 26.9. The highest BCUT2D eigenvalue weighted by Crippen LogP contribution is 2.58. The molecule has 1 spiro atoms. The Morgan fingerprint density at radius 1 is 1.09 bits per heavy atom. The van der Waals surface area contributed by atoms with Gasteiger partial charge in [-0.05, 0) is 75.3 Å². The lowest BCUT2D eigenvalue weighted by atomic mass is 9.57. The smallest absolute Gasteiger partial charge is 0.412 e. The predicted molar refractivity (Wildman–Crippen MR) is 169 cm³/mol. The molecule has 46 heavy (non-hydrogen) atoms. The molecule has 2 aliphatic carbocycles. The number of benzene rings is 2. The Bertz CT molecular complexity index is 1770. The number of anilines is 2. The van der Waals surface area contributed by atoms with Crippen molar-refractivity contribution < 1.29 is 37.2 Å². The number of aromatic nitrogens is 1. The molecule has 2 saturated carbocycles. The third-order valence-corrected chi connectivity index (χ3v) is 11.0. The number of hydrogen-bond donors (Lipinski definition) is 3. The van der Waals surface area contributed by atoms with Gasteiger partial charge in [-0.25, -0.2) is 13.2 Å². The SMILES string of the molecule is Cc1ccccc1[C@@H](C)OC(=O)Nc1c(C)noc1C1CC2(C1)CN(c1ccc(C3(NC(=O)S(=O)(=O)CCC(=O)O)CC3)cc1)C2. The molecule has 3 aromatic rings. The zero-order chi connectivity index (χ0) is 32.9. The Morgan fingerprint density at radius 3 is 2.39 bits per heavy atom. The van der Waals surface area contributed by atoms with Crippen molar-refractivity contribution in [2.24, 2.45) is 5.41 Å². The Morgan fingerprint density at radius 2 is 1.76 bits per heavy atom. The second-order valence-electron chi connectivity index (χ2n) is 13.0. The molecule has 244 valence electrons. The highest BCUT2D eigenvalue weighted by atomic mass is 32.2. The van der Waals surface area contributed by atoms with E-state index in [2.05, 4.69) is 20.7 Å². The summed E-state index contributed by atoms with van der Waals surface area (Å²) in [6.07, 6.45) is 1.46. The van der Waals surface area contributed by atoms with E-state index in [0.29, 0.717) is 30.0 Å². The fourth-order valence-electron chi connectivity index (χ4n) is 6.78. The van der Waals surface area contributed by atoms with Crippen molar-refractivity contribution in [2.75, 3.05) is 29.1 Å². The number of ether oxygens (including phenoxy) is 1. The molecule has 1 atom stereocenters. The molecule has 13 heteroatoms. The monoisotopic (exact) mass is 650 g/mol. The molecule has 1 aliphatic heterocycles. The number of aryl methyl sites for hydroxylation is 2. The molecule has 0 unspecified atom stereocenters. The van der Waals surface area contributed by atoms with E-state index in [1.165, 1.54) is 0 Å². The van der Waals surface area contributed by atoms with Gasteiger partial charge in [0.2, 0.25) is 9.84 Å². The van der Waals surface area contributed by atoms with Gasteiger partial charge in [0.1, 0.15) is 17.5 Å². The molecule has 6 rings (SSSR count). The first-order chi connectivity index (χ1) is 21.8. The van der Waals surface area contributed by atoms with Gasteiger partial charge in [0.15, 0.2) is 5.76 Å². The first kappa shape index (κ1) is 31.6. The van der Waals surface area contributed by atoms with E-state index in [0.717, 1.165) is 48.3 Å². The minimum atomic E-state index is -4.21. The van der Waals surface area contributed by atoms with Crippen LogP contribution >= 0.6 is 0 Å². The summed E-state index contributed by atoms with van der Waals surface area (Å²) in [4.78, 5) is 38.2. The first-order valence-electron chi connectivity index (χ1n) is 15.4. The normalized spacial score (nSPS) is 18.6. The predicted octanol–water partition coefficient (Wildman–Crippen LogP) is 5.57. The highest BCUT2D eigenvalue weighted by Gasteiger charge is 2.54. The number of nitrogens with zero attached hydrogens (tertiary/aromatic N) is 2. The number of carbonyl (C=O) groups excluding carboxylic acids is 2. The summed E-state index contributed by atoms with van der Waals surface area (Å²) in [7, 11) is -4.21. The number of amides is 2. The lowest BCUT2D eigenvalue weighted by Crippen LogP contribution is -2.61. The summed E-state index contributed by atoms with van der Waals surface area (Å²) < 4.78 is 35.8. The van der Waals surface area contributed by atoms with Crippen molar-refractivity contribution in [3.63, 3.8) is 0 Å². The van der Waals surface area contributed by atoms with Crippen LogP contribution in [-0.2, 0) is 24.9 Å². The molecule has 1 aromatic heterocycles. The van der Waals surface area contributed by atoms with Gasteiger partial charge in [-0.1, -0.05) is 41.6 Å². The molecule has 3 fully saturated rings. The maximum Gasteiger partial charge on any atom is 0.412 e. The molecule has 2 amide bonds. The number of aliphatic carboxylic acids is 1. The van der Waals surface area contributed by atoms with Crippen LogP contribution in [0.4, 0.5) is 21.0 Å². The third-order valence-electron chi connectivity index (χ3n) is 9.55. The summed E-state index contributed by atoms with van der Waals surface area (Å²) in [5.41, 5.74) is 4.45. The van der Waals surface area contributed by atoms with Crippen LogP contribution < -0.4 is 15.5 Å². The molecule has 12 nitrogen and oxygen atoms in total. The number of rotatable bonds is 10. The standard InChI is InChI=1S/C33H38N4O8S/c1-20-6-4-5-7-26(20)22(3)44-30(40)34-28-21(2)36-45-29(28)23-16-32(17-23)18-37(19-32)25-10-8-24(9-11-25)33(13-14-33)35-31(41)46(42,43)15-12-27(38)39/h4-11,22-23H,12-19H2,1-3H3,(H,34,40)(H,35,41)(H,38,39)/t22-/m1/s1. The van der Waals surface area contributed by atoms with Crippen LogP contribution in [0.1, 0.15) is 79.2 Å². The van der Waals surface area contributed by atoms with Crippen LogP contribution in [0.15, 0.2) is 53.1 Å². The van der Waals surface area contributed by atoms with Crippen molar-refractivity contribution in [2.45, 2.75) is 70.4 Å². The van der Waals surface area contributed by atoms with Gasteiger partial charge in [0, 0.05) is 30.1 Å². The van der Waals surface area contributed by atoms with Crippen molar-refractivity contribution in [3.8, 4) is 0 Å². The van der Waals surface area contributed by atoms with Crippen molar-refractivity contribution in [3.05, 3.63) is 76.7 Å². The highest BCUT2D eigenvalue weighted by molar-refractivity contribution is 8.06. The van der Waals surface area contributed by atoms with Crippen LogP contribution in [0.3, 0.4) is 0 Å². The van der Waals surface area contributed by atoms with Gasteiger partial charge in [-0.15, -0.1) is 0 Å². The van der Waals surface area contributed by atoms with Crippen LogP contribution in [0, 0.1) is 19.3 Å². The molecule has 0 radical (unpaired) electrons. The van der Waals surface area contributed by atoms with Gasteiger partial charge in [0.05, 0.1) is 17.7 Å². The Balaban J connectivity index is 1.01. The van der Waals surface area contributed by atoms with E-state index >= 15 is 0 Å². The first-order valence-corrected chi connectivity index (χ1v) is 17.1. The summed E-state index contributed by atoms with van der Waals surface area (Å²) in [5.74, 6) is -1.18. The van der Waals surface area contributed by atoms with Crippen LogP contribution in [0.2, 0.25) is 0 Å². The maximum atomic E-state index is 12.8. The van der Waals surface area contributed by atoms with E-state index in [-0.39, 0.29) is 11.3 Å². The average molecular weight is 651 g/mol. The topological polar surface area (TPSA) is 168 Å². The Kier molecular flexibility index (Phi) is 8.07. The van der Waals surface area contributed by atoms with Gasteiger partial charge < -0.3 is 24.6 Å². The Hall–Kier alpha value is -4.39. The molecule has 2 heterocycles. The largest absolute Gasteiger partial charge is 0.481 e. The third kappa shape index (κ3) is 6.20. The average Bonchev–Trinajstić information content (AvgIpc) is 3.67. The Labute approximate surface area is 267 Å². The minimum absolute atomic E-state index is 0.139. The minimum Gasteiger partial charge on any atom is -0.481 e. The summed E-state index contributed by atoms with van der Waals surface area (Å²) >= 11 is 0. The molecule has 1 saturated heterocycles. The quantitative estimate of drug-likeness (QED) is 0.252. The zero-order valence-electron chi connectivity index (χ0n) is 26.0. The van der Waals surface area contributed by atoms with E-state index in [9.17, 15) is 22.8 Å². The second-order valence-corrected chi connectivity index (χ2v) is 15.0. The van der Waals surface area contributed by atoms with E-state index < -0.39 is 51.0 Å². The summed E-state index contributed by atoms with van der Waals surface area (Å²) in [6.45, 7) is 7.37. The number of nitrogens with one attached hydrogen (secondary N) is 2. The van der Waals surface area contributed by atoms with Crippen molar-refractivity contribution >= 4 is 38.5 Å². The number of carbonyl (C=O) groups is 3. The lowest BCUT2D eigenvalue weighted by Gasteiger charge is -2.59.